The predicted molar refractivity (Wildman–Crippen MR) is 125 cm³/mol. The average Bonchev–Trinajstić information content (AvgIpc) is 3.34. The van der Waals surface area contributed by atoms with Crippen molar-refractivity contribution in [3.8, 4) is 11.5 Å². The number of allylic oxidation sites excluding steroid dienone is 1. The molecule has 2 atom stereocenters. The first-order valence-corrected chi connectivity index (χ1v) is 12.9. The van der Waals surface area contributed by atoms with Gasteiger partial charge in [0.05, 0.1) is 0 Å². The summed E-state index contributed by atoms with van der Waals surface area (Å²) >= 11 is -0.0336. The summed E-state index contributed by atoms with van der Waals surface area (Å²) in [6, 6.07) is 25.5. The second-order valence-corrected chi connectivity index (χ2v) is 11.3. The summed E-state index contributed by atoms with van der Waals surface area (Å²) in [4.78, 5) is 0. The van der Waals surface area contributed by atoms with Crippen LogP contribution in [0.15, 0.2) is 96.8 Å². The van der Waals surface area contributed by atoms with E-state index < -0.39 is 0 Å². The zero-order valence-electron chi connectivity index (χ0n) is 17.7. The summed E-state index contributed by atoms with van der Waals surface area (Å²) in [5.41, 5.74) is 6.09. The minimum absolute atomic E-state index is 0.0336. The number of benzene rings is 3. The zero-order valence-corrected chi connectivity index (χ0v) is 20.3. The van der Waals surface area contributed by atoms with Gasteiger partial charge < -0.3 is 10.2 Å². The van der Waals surface area contributed by atoms with Crippen molar-refractivity contribution in [1.29, 1.82) is 0 Å². The van der Waals surface area contributed by atoms with Crippen LogP contribution in [0.1, 0.15) is 26.5 Å². The van der Waals surface area contributed by atoms with Gasteiger partial charge in [0, 0.05) is 0 Å². The van der Waals surface area contributed by atoms with Crippen LogP contribution in [0, 0.1) is 13.8 Å². The number of para-hydroxylation sites is 2. The molecule has 31 heavy (non-hydrogen) atoms. The van der Waals surface area contributed by atoms with E-state index in [0.717, 1.165) is 12.4 Å². The first-order chi connectivity index (χ1) is 15.0. The number of hydrogen-bond acceptors (Lipinski definition) is 2. The third-order valence-corrected chi connectivity index (χ3v) is 9.81. The molecule has 1 aliphatic rings. The Morgan fingerprint density at radius 3 is 1.77 bits per heavy atom. The fourth-order valence-corrected chi connectivity index (χ4v) is 7.65. The Bertz CT molecular complexity index is 1070. The molecular weight excluding hydrogens is 435 g/mol. The monoisotopic (exact) mass is 460 g/mol. The van der Waals surface area contributed by atoms with E-state index in [1.165, 1.54) is 35.4 Å². The van der Waals surface area contributed by atoms with Crippen LogP contribution in [-0.2, 0) is 19.2 Å². The third-order valence-electron chi connectivity index (χ3n) is 4.99. The summed E-state index contributed by atoms with van der Waals surface area (Å²) in [5.74, 6) is 2.56. The molecule has 0 saturated heterocycles. The van der Waals surface area contributed by atoms with Crippen LogP contribution >= 0.6 is 8.19 Å². The molecule has 0 amide bonds. The van der Waals surface area contributed by atoms with Crippen LogP contribution in [0.2, 0.25) is 0 Å². The van der Waals surface area contributed by atoms with Crippen molar-refractivity contribution < 1.29 is 29.4 Å². The topological polar surface area (TPSA) is 46.1 Å². The van der Waals surface area contributed by atoms with Crippen molar-refractivity contribution in [1.82, 2.24) is 0 Å². The Balaban J connectivity index is 0.000000160. The van der Waals surface area contributed by atoms with E-state index in [1.807, 2.05) is 12.1 Å². The first-order valence-electron chi connectivity index (χ1n) is 10.2. The van der Waals surface area contributed by atoms with Crippen molar-refractivity contribution in [2.24, 2.45) is 0 Å². The molecular formula is C27H25O2PTi. The van der Waals surface area contributed by atoms with Crippen molar-refractivity contribution in [2.45, 2.75) is 18.1 Å². The van der Waals surface area contributed by atoms with E-state index in [4.69, 9.17) is 0 Å². The summed E-state index contributed by atoms with van der Waals surface area (Å²) in [5, 5.41) is 20.5. The minimum Gasteiger partial charge on any atom is -0.872 e. The van der Waals surface area contributed by atoms with Gasteiger partial charge in [-0.25, -0.2) is 0 Å². The summed E-state index contributed by atoms with van der Waals surface area (Å²) in [6.45, 7) is 4.55. The van der Waals surface area contributed by atoms with E-state index in [9.17, 15) is 10.2 Å². The number of aryl methyl sites for hydroxylation is 1. The van der Waals surface area contributed by atoms with Gasteiger partial charge in [0.2, 0.25) is 0 Å². The quantitative estimate of drug-likeness (QED) is 0.380. The number of hydrogen-bond donors (Lipinski definition) is 0. The maximum atomic E-state index is 10.3. The first kappa shape index (κ1) is 23.2. The van der Waals surface area contributed by atoms with Gasteiger partial charge in [-0.15, -0.1) is 11.5 Å². The van der Waals surface area contributed by atoms with Crippen molar-refractivity contribution in [3.63, 3.8) is 0 Å². The standard InChI is InChI=1S/C9H7.2C6H6O.C6H8P.Ti/c1-2-5-9-7-3-6-8(9)4-1;2*7-6-4-2-1-3-5-6;1-5-3-7-4-6(5)2;/h1-7H;2*1-5,7H;3,7H,1-2H3;/q;;;;+2/p-2. The molecule has 3 aromatic carbocycles. The molecule has 4 heteroatoms. The Morgan fingerprint density at radius 2 is 1.29 bits per heavy atom. The summed E-state index contributed by atoms with van der Waals surface area (Å²) in [7, 11) is 0.964. The van der Waals surface area contributed by atoms with E-state index in [-0.39, 0.29) is 30.7 Å². The molecule has 0 N–H and O–H groups in total. The molecule has 1 aliphatic carbocycles. The van der Waals surface area contributed by atoms with Crippen LogP contribution in [0.5, 0.6) is 11.5 Å². The Labute approximate surface area is 195 Å². The second-order valence-electron chi connectivity index (χ2n) is 7.21. The molecule has 0 fully saturated rings. The molecule has 1 aromatic heterocycles. The Morgan fingerprint density at radius 1 is 0.742 bits per heavy atom. The van der Waals surface area contributed by atoms with Crippen molar-refractivity contribution in [3.05, 3.63) is 119 Å². The maximum absolute atomic E-state index is 10.3. The van der Waals surface area contributed by atoms with Gasteiger partial charge in [0.25, 0.3) is 0 Å². The molecule has 0 spiro atoms. The number of fused-ring (bicyclic) bond motifs is 1. The largest absolute Gasteiger partial charge is 0.872 e. The molecule has 1 heterocycles. The van der Waals surface area contributed by atoms with Crippen molar-refractivity contribution in [2.75, 3.05) is 0 Å². The molecule has 5 rings (SSSR count). The van der Waals surface area contributed by atoms with Crippen LogP contribution in [0.4, 0.5) is 0 Å². The maximum Gasteiger partial charge on any atom is -0.0623 e. The van der Waals surface area contributed by atoms with E-state index in [0.29, 0.717) is 0 Å². The fraction of sp³-hybridized carbons (Fsp3) is 0.111. The Kier molecular flexibility index (Phi) is 8.79. The predicted octanol–water partition coefficient (Wildman–Crippen LogP) is 5.33. The van der Waals surface area contributed by atoms with Crippen LogP contribution in [-0.4, -0.2) is 0 Å². The van der Waals surface area contributed by atoms with Crippen LogP contribution in [0.3, 0.4) is 0 Å². The summed E-state index contributed by atoms with van der Waals surface area (Å²) < 4.78 is 2.50. The third kappa shape index (κ3) is 7.01. The van der Waals surface area contributed by atoms with Gasteiger partial charge in [0.1, 0.15) is 0 Å². The molecule has 0 aliphatic heterocycles. The molecule has 2 unspecified atom stereocenters. The van der Waals surface area contributed by atoms with Crippen LogP contribution < -0.4 is 13.8 Å². The fourth-order valence-electron chi connectivity index (χ4n) is 3.12. The molecule has 2 nitrogen and oxygen atoms in total. The molecule has 0 saturated carbocycles. The van der Waals surface area contributed by atoms with Gasteiger partial charge in [-0.1, -0.05) is 60.7 Å². The van der Waals surface area contributed by atoms with Gasteiger partial charge >= 0.3 is 113 Å². The van der Waals surface area contributed by atoms with E-state index in [2.05, 4.69) is 56.1 Å². The minimum atomic E-state index is -0.0336. The molecule has 154 valence electrons. The van der Waals surface area contributed by atoms with Gasteiger partial charge in [-0.2, -0.15) is 0 Å². The smallest absolute Gasteiger partial charge is 0.0623 e. The second kappa shape index (κ2) is 11.8. The SMILES string of the molecule is Cc1c[pH][c]([Ti+2][CH]2C=Cc3ccccc32)c1C.[O-]c1ccccc1.[O-]c1ccccc1. The number of rotatable bonds is 2. The van der Waals surface area contributed by atoms with Gasteiger partial charge in [0.15, 0.2) is 0 Å². The Hall–Kier alpha value is -2.51. The van der Waals surface area contributed by atoms with Crippen LogP contribution in [0.25, 0.3) is 6.08 Å². The molecule has 0 bridgehead atoms. The summed E-state index contributed by atoms with van der Waals surface area (Å²) in [6.07, 6.45) is 4.72. The zero-order chi connectivity index (χ0) is 22.1. The average molecular weight is 460 g/mol. The van der Waals surface area contributed by atoms with Gasteiger partial charge in [-0.05, 0) is 0 Å². The molecule has 4 aromatic rings. The van der Waals surface area contributed by atoms with E-state index in [1.54, 1.807) is 39.0 Å². The normalized spacial score (nSPS) is 13.4. The van der Waals surface area contributed by atoms with Crippen molar-refractivity contribution >= 4 is 17.9 Å². The molecule has 0 radical (unpaired) electrons. The van der Waals surface area contributed by atoms with Gasteiger partial charge in [-0.3, -0.25) is 0 Å². The van der Waals surface area contributed by atoms with E-state index >= 15 is 0 Å².